The average molecular weight is 515 g/mol. The lowest BCUT2D eigenvalue weighted by Gasteiger charge is -2.34. The number of halogens is 1. The lowest BCUT2D eigenvalue weighted by Crippen LogP contribution is -2.49. The Morgan fingerprint density at radius 1 is 1.03 bits per heavy atom. The molecule has 2 fully saturated rings. The minimum Gasteiger partial charge on any atom is -0.355 e. The minimum absolute atomic E-state index is 0. The van der Waals surface area contributed by atoms with Crippen molar-refractivity contribution in [3.8, 4) is 0 Å². The zero-order valence-electron chi connectivity index (χ0n) is 18.1. The highest BCUT2D eigenvalue weighted by Crippen LogP contribution is 2.15. The van der Waals surface area contributed by atoms with Crippen molar-refractivity contribution in [3.05, 3.63) is 35.9 Å². The van der Waals surface area contributed by atoms with Crippen LogP contribution in [-0.4, -0.2) is 92.7 Å². The Labute approximate surface area is 194 Å². The Morgan fingerprint density at radius 3 is 2.45 bits per heavy atom. The van der Waals surface area contributed by atoms with Crippen molar-refractivity contribution in [2.24, 2.45) is 4.99 Å². The number of likely N-dealkylation sites (N-methyl/N-ethyl adjacent to an activating group) is 1. The summed E-state index contributed by atoms with van der Waals surface area (Å²) in [4.78, 5) is 12.1. The smallest absolute Gasteiger partial charge is 0.191 e. The monoisotopic (exact) mass is 514 g/mol. The van der Waals surface area contributed by atoms with Crippen molar-refractivity contribution in [2.45, 2.75) is 32.4 Å². The zero-order chi connectivity index (χ0) is 19.6. The first kappa shape index (κ1) is 24.4. The second-order valence-corrected chi connectivity index (χ2v) is 7.91. The molecule has 1 aromatic rings. The molecule has 1 atom stereocenters. The largest absolute Gasteiger partial charge is 0.355 e. The maximum Gasteiger partial charge on any atom is 0.191 e. The van der Waals surface area contributed by atoms with Crippen molar-refractivity contribution < 1.29 is 0 Å². The van der Waals surface area contributed by atoms with E-state index in [9.17, 15) is 0 Å². The Bertz CT molecular complexity index is 588. The van der Waals surface area contributed by atoms with Crippen LogP contribution in [0.1, 0.15) is 25.3 Å². The van der Waals surface area contributed by atoms with Crippen LogP contribution in [0.2, 0.25) is 0 Å². The number of aliphatic imine (C=N–C) groups is 1. The number of guanidine groups is 1. The first-order chi connectivity index (χ1) is 13.8. The lowest BCUT2D eigenvalue weighted by molar-refractivity contribution is 0.129. The molecule has 0 radical (unpaired) electrons. The second-order valence-electron chi connectivity index (χ2n) is 7.91. The fraction of sp³-hybridized carbons (Fsp3) is 0.682. The molecule has 7 heteroatoms. The number of likely N-dealkylation sites (tertiary alicyclic amines) is 1. The normalized spacial score (nSPS) is 21.7. The van der Waals surface area contributed by atoms with E-state index in [2.05, 4.69) is 67.6 Å². The summed E-state index contributed by atoms with van der Waals surface area (Å²) in [6.07, 6.45) is 2.62. The summed E-state index contributed by atoms with van der Waals surface area (Å²) < 4.78 is 0. The molecule has 2 heterocycles. The van der Waals surface area contributed by atoms with E-state index in [1.165, 1.54) is 24.9 Å². The molecule has 2 aliphatic heterocycles. The third-order valence-electron chi connectivity index (χ3n) is 6.07. The van der Waals surface area contributed by atoms with Crippen LogP contribution < -0.4 is 10.6 Å². The van der Waals surface area contributed by atoms with Gasteiger partial charge < -0.3 is 10.6 Å². The van der Waals surface area contributed by atoms with Crippen LogP contribution in [-0.2, 0) is 6.54 Å². The molecule has 2 aliphatic rings. The SMILES string of the molecule is CCN1CCCC1CNC(=NC)NCCN1CCN(Cc2ccccc2)CC1.I. The van der Waals surface area contributed by atoms with Gasteiger partial charge in [0, 0.05) is 65.4 Å². The van der Waals surface area contributed by atoms with E-state index in [4.69, 9.17) is 0 Å². The van der Waals surface area contributed by atoms with E-state index in [0.717, 1.165) is 64.9 Å². The Morgan fingerprint density at radius 2 is 1.76 bits per heavy atom. The first-order valence-electron chi connectivity index (χ1n) is 11.0. The van der Waals surface area contributed by atoms with Gasteiger partial charge in [0.25, 0.3) is 0 Å². The van der Waals surface area contributed by atoms with Gasteiger partial charge in [-0.15, -0.1) is 24.0 Å². The van der Waals surface area contributed by atoms with E-state index in [-0.39, 0.29) is 24.0 Å². The first-order valence-corrected chi connectivity index (χ1v) is 11.0. The number of hydrogen-bond acceptors (Lipinski definition) is 4. The van der Waals surface area contributed by atoms with Crippen LogP contribution in [0.15, 0.2) is 35.3 Å². The van der Waals surface area contributed by atoms with Gasteiger partial charge in [0.15, 0.2) is 5.96 Å². The molecule has 0 spiro atoms. The quantitative estimate of drug-likeness (QED) is 0.316. The summed E-state index contributed by atoms with van der Waals surface area (Å²) in [6.45, 7) is 13.3. The van der Waals surface area contributed by atoms with E-state index in [1.807, 2.05) is 7.05 Å². The van der Waals surface area contributed by atoms with Gasteiger partial charge in [0.2, 0.25) is 0 Å². The highest BCUT2D eigenvalue weighted by molar-refractivity contribution is 14.0. The van der Waals surface area contributed by atoms with Gasteiger partial charge >= 0.3 is 0 Å². The summed E-state index contributed by atoms with van der Waals surface area (Å²) in [6, 6.07) is 11.4. The number of nitrogens with one attached hydrogen (secondary N) is 2. The molecule has 1 aromatic carbocycles. The number of rotatable bonds is 8. The molecule has 1 unspecified atom stereocenters. The van der Waals surface area contributed by atoms with Gasteiger partial charge in [0.1, 0.15) is 0 Å². The molecule has 164 valence electrons. The van der Waals surface area contributed by atoms with Gasteiger partial charge in [-0.25, -0.2) is 0 Å². The summed E-state index contributed by atoms with van der Waals surface area (Å²) in [7, 11) is 1.87. The number of hydrogen-bond donors (Lipinski definition) is 2. The van der Waals surface area contributed by atoms with Gasteiger partial charge in [-0.1, -0.05) is 37.3 Å². The van der Waals surface area contributed by atoms with Crippen molar-refractivity contribution in [1.29, 1.82) is 0 Å². The van der Waals surface area contributed by atoms with E-state index in [0.29, 0.717) is 6.04 Å². The molecule has 0 saturated carbocycles. The molecule has 2 N–H and O–H groups in total. The molecule has 0 bridgehead atoms. The highest BCUT2D eigenvalue weighted by atomic mass is 127. The topological polar surface area (TPSA) is 46.1 Å². The van der Waals surface area contributed by atoms with Crippen molar-refractivity contribution in [2.75, 3.05) is 66.0 Å². The second kappa shape index (κ2) is 13.4. The van der Waals surface area contributed by atoms with Crippen LogP contribution in [0.5, 0.6) is 0 Å². The molecule has 3 rings (SSSR count). The molecule has 2 saturated heterocycles. The van der Waals surface area contributed by atoms with Crippen LogP contribution in [0.25, 0.3) is 0 Å². The number of piperazine rings is 1. The number of benzene rings is 1. The molecular weight excluding hydrogens is 475 g/mol. The standard InChI is InChI=1S/C22H38N6.HI/c1-3-28-12-7-10-21(28)18-25-22(23-2)24-11-13-26-14-16-27(17-15-26)19-20-8-5-4-6-9-20;/h4-6,8-9,21H,3,7,10-19H2,1-2H3,(H2,23,24,25);1H. The molecule has 0 amide bonds. The average Bonchev–Trinajstić information content (AvgIpc) is 3.20. The molecule has 0 aliphatic carbocycles. The van der Waals surface area contributed by atoms with Crippen molar-refractivity contribution >= 4 is 29.9 Å². The molecule has 0 aromatic heterocycles. The fourth-order valence-electron chi connectivity index (χ4n) is 4.32. The van der Waals surface area contributed by atoms with Gasteiger partial charge in [0.05, 0.1) is 0 Å². The van der Waals surface area contributed by atoms with Crippen LogP contribution in [0.4, 0.5) is 0 Å². The van der Waals surface area contributed by atoms with Crippen LogP contribution in [0, 0.1) is 0 Å². The van der Waals surface area contributed by atoms with E-state index in [1.54, 1.807) is 0 Å². The predicted octanol–water partition coefficient (Wildman–Crippen LogP) is 2.07. The van der Waals surface area contributed by atoms with Crippen LogP contribution >= 0.6 is 24.0 Å². The maximum atomic E-state index is 4.39. The van der Waals surface area contributed by atoms with Crippen LogP contribution in [0.3, 0.4) is 0 Å². The molecule has 6 nitrogen and oxygen atoms in total. The summed E-state index contributed by atoms with van der Waals surface area (Å²) in [5.41, 5.74) is 1.41. The van der Waals surface area contributed by atoms with E-state index < -0.39 is 0 Å². The fourth-order valence-corrected chi connectivity index (χ4v) is 4.32. The van der Waals surface area contributed by atoms with E-state index >= 15 is 0 Å². The predicted molar refractivity (Wildman–Crippen MR) is 133 cm³/mol. The summed E-state index contributed by atoms with van der Waals surface area (Å²) >= 11 is 0. The Kier molecular flexibility index (Phi) is 11.3. The summed E-state index contributed by atoms with van der Waals surface area (Å²) in [5, 5.41) is 7.01. The highest BCUT2D eigenvalue weighted by Gasteiger charge is 2.22. The van der Waals surface area contributed by atoms with Gasteiger partial charge in [-0.3, -0.25) is 19.7 Å². The van der Waals surface area contributed by atoms with Gasteiger partial charge in [-0.2, -0.15) is 0 Å². The minimum atomic E-state index is 0. The molecule has 29 heavy (non-hydrogen) atoms. The Balaban J connectivity index is 0.00000300. The molecular formula is C22H39IN6. The third kappa shape index (κ3) is 8.03. The van der Waals surface area contributed by atoms with Crippen molar-refractivity contribution in [3.63, 3.8) is 0 Å². The Hall–Kier alpha value is -0.900. The maximum absolute atomic E-state index is 4.39. The van der Waals surface area contributed by atoms with Gasteiger partial charge in [-0.05, 0) is 31.5 Å². The number of nitrogens with zero attached hydrogens (tertiary/aromatic N) is 4. The zero-order valence-corrected chi connectivity index (χ0v) is 20.5. The lowest BCUT2D eigenvalue weighted by atomic mass is 10.2. The van der Waals surface area contributed by atoms with Crippen molar-refractivity contribution in [1.82, 2.24) is 25.3 Å². The summed E-state index contributed by atoms with van der Waals surface area (Å²) in [5.74, 6) is 0.936. The third-order valence-corrected chi connectivity index (χ3v) is 6.07.